The van der Waals surface area contributed by atoms with Crippen molar-refractivity contribution in [1.82, 2.24) is 9.97 Å². The van der Waals surface area contributed by atoms with Crippen LogP contribution in [0.5, 0.6) is 0 Å². The number of unbranched alkanes of at least 4 members (excludes halogenated alkanes) is 1. The summed E-state index contributed by atoms with van der Waals surface area (Å²) in [6.07, 6.45) is 11.3. The molecule has 1 heterocycles. The molecule has 0 bridgehead atoms. The fourth-order valence-corrected chi connectivity index (χ4v) is 0.989. The van der Waals surface area contributed by atoms with Crippen LogP contribution in [0.25, 0.3) is 0 Å². The SMILES string of the molecule is C/C=C/CCCc1ncc[nH]1. The lowest BCUT2D eigenvalue weighted by molar-refractivity contribution is 0.799. The van der Waals surface area contributed by atoms with Crippen LogP contribution >= 0.6 is 0 Å². The first-order chi connectivity index (χ1) is 5.43. The van der Waals surface area contributed by atoms with Crippen molar-refractivity contribution < 1.29 is 0 Å². The number of imidazole rings is 1. The average molecular weight is 150 g/mol. The Kier molecular flexibility index (Phi) is 3.45. The minimum atomic E-state index is 1.05. The zero-order chi connectivity index (χ0) is 7.94. The fraction of sp³-hybridized carbons (Fsp3) is 0.444. The smallest absolute Gasteiger partial charge is 0.106 e. The van der Waals surface area contributed by atoms with Gasteiger partial charge in [-0.05, 0) is 19.8 Å². The lowest BCUT2D eigenvalue weighted by Crippen LogP contribution is -1.86. The molecule has 1 N–H and O–H groups in total. The van der Waals surface area contributed by atoms with Gasteiger partial charge < -0.3 is 4.98 Å². The summed E-state index contributed by atoms with van der Waals surface area (Å²) in [7, 11) is 0. The van der Waals surface area contributed by atoms with Crippen molar-refractivity contribution in [1.29, 1.82) is 0 Å². The number of nitrogens with zero attached hydrogens (tertiary/aromatic N) is 1. The number of aromatic amines is 1. The summed E-state index contributed by atoms with van der Waals surface area (Å²) < 4.78 is 0. The summed E-state index contributed by atoms with van der Waals surface area (Å²) >= 11 is 0. The van der Waals surface area contributed by atoms with Gasteiger partial charge in [0, 0.05) is 18.8 Å². The van der Waals surface area contributed by atoms with Gasteiger partial charge in [-0.15, -0.1) is 0 Å². The molecule has 11 heavy (non-hydrogen) atoms. The van der Waals surface area contributed by atoms with Crippen LogP contribution in [0.3, 0.4) is 0 Å². The van der Waals surface area contributed by atoms with E-state index in [1.54, 1.807) is 6.20 Å². The quantitative estimate of drug-likeness (QED) is 0.518. The molecule has 1 rings (SSSR count). The van der Waals surface area contributed by atoms with Crippen molar-refractivity contribution in [2.45, 2.75) is 26.2 Å². The second-order valence-corrected chi connectivity index (χ2v) is 2.50. The fourth-order valence-electron chi connectivity index (χ4n) is 0.989. The maximum Gasteiger partial charge on any atom is 0.106 e. The molecule has 1 aromatic heterocycles. The maximum absolute atomic E-state index is 4.13. The highest BCUT2D eigenvalue weighted by Crippen LogP contribution is 1.98. The molecule has 0 atom stereocenters. The molecule has 0 aromatic carbocycles. The highest BCUT2D eigenvalue weighted by molar-refractivity contribution is 4.88. The Hall–Kier alpha value is -1.05. The van der Waals surface area contributed by atoms with Crippen molar-refractivity contribution in [2.24, 2.45) is 0 Å². The number of H-pyrrole nitrogens is 1. The van der Waals surface area contributed by atoms with Crippen LogP contribution in [0.4, 0.5) is 0 Å². The molecule has 0 radical (unpaired) electrons. The average Bonchev–Trinajstić information content (AvgIpc) is 2.50. The van der Waals surface area contributed by atoms with Gasteiger partial charge in [-0.25, -0.2) is 4.98 Å². The first-order valence-corrected chi connectivity index (χ1v) is 4.03. The van der Waals surface area contributed by atoms with Gasteiger partial charge in [0.15, 0.2) is 0 Å². The van der Waals surface area contributed by atoms with Crippen molar-refractivity contribution >= 4 is 0 Å². The van der Waals surface area contributed by atoms with Crippen LogP contribution < -0.4 is 0 Å². The van der Waals surface area contributed by atoms with Gasteiger partial charge in [-0.3, -0.25) is 0 Å². The topological polar surface area (TPSA) is 28.7 Å². The molecule has 0 aliphatic carbocycles. The van der Waals surface area contributed by atoms with E-state index in [1.807, 2.05) is 13.1 Å². The molecule has 2 nitrogen and oxygen atoms in total. The van der Waals surface area contributed by atoms with E-state index >= 15 is 0 Å². The zero-order valence-electron chi connectivity index (χ0n) is 6.88. The standard InChI is InChI=1S/C9H14N2/c1-2-3-4-5-6-9-10-7-8-11-9/h2-3,7-8H,4-6H2,1H3,(H,10,11)/b3-2+. The number of allylic oxidation sites excluding steroid dienone is 2. The summed E-state index contributed by atoms with van der Waals surface area (Å²) in [6, 6.07) is 0. The molecule has 0 fully saturated rings. The third kappa shape index (κ3) is 3.03. The summed E-state index contributed by atoms with van der Waals surface area (Å²) in [4.78, 5) is 7.21. The van der Waals surface area contributed by atoms with E-state index in [9.17, 15) is 0 Å². The van der Waals surface area contributed by atoms with E-state index in [2.05, 4.69) is 22.1 Å². The Morgan fingerprint density at radius 2 is 2.55 bits per heavy atom. The lowest BCUT2D eigenvalue weighted by Gasteiger charge is -1.91. The van der Waals surface area contributed by atoms with Crippen molar-refractivity contribution in [3.8, 4) is 0 Å². The van der Waals surface area contributed by atoms with Crippen LogP contribution in [0, 0.1) is 0 Å². The minimum Gasteiger partial charge on any atom is -0.349 e. The monoisotopic (exact) mass is 150 g/mol. The van der Waals surface area contributed by atoms with Gasteiger partial charge in [0.1, 0.15) is 5.82 Å². The Bertz CT molecular complexity index is 199. The number of aryl methyl sites for hydroxylation is 1. The van der Waals surface area contributed by atoms with E-state index in [0.29, 0.717) is 0 Å². The Morgan fingerprint density at radius 3 is 3.18 bits per heavy atom. The second kappa shape index (κ2) is 4.72. The molecule has 0 aliphatic rings. The third-order valence-electron chi connectivity index (χ3n) is 1.57. The van der Waals surface area contributed by atoms with Gasteiger partial charge in [0.2, 0.25) is 0 Å². The molecular formula is C9H14N2. The van der Waals surface area contributed by atoms with E-state index in [1.165, 1.54) is 6.42 Å². The summed E-state index contributed by atoms with van der Waals surface area (Å²) in [5.41, 5.74) is 0. The van der Waals surface area contributed by atoms with E-state index in [-0.39, 0.29) is 0 Å². The van der Waals surface area contributed by atoms with Crippen molar-refractivity contribution in [3.05, 3.63) is 30.4 Å². The second-order valence-electron chi connectivity index (χ2n) is 2.50. The Labute approximate surface area is 67.4 Å². The normalized spacial score (nSPS) is 11.0. The highest BCUT2D eigenvalue weighted by atomic mass is 14.9. The predicted molar refractivity (Wildman–Crippen MR) is 46.3 cm³/mol. The predicted octanol–water partition coefficient (Wildman–Crippen LogP) is 2.31. The molecule has 0 saturated heterocycles. The Balaban J connectivity index is 2.14. The van der Waals surface area contributed by atoms with Crippen LogP contribution in [0.2, 0.25) is 0 Å². The zero-order valence-corrected chi connectivity index (χ0v) is 6.88. The molecule has 1 aromatic rings. The molecular weight excluding hydrogens is 136 g/mol. The first-order valence-electron chi connectivity index (χ1n) is 4.03. The van der Waals surface area contributed by atoms with E-state index in [0.717, 1.165) is 18.7 Å². The van der Waals surface area contributed by atoms with Gasteiger partial charge >= 0.3 is 0 Å². The first kappa shape index (κ1) is 8.05. The van der Waals surface area contributed by atoms with E-state index < -0.39 is 0 Å². The number of hydrogen-bond acceptors (Lipinski definition) is 1. The summed E-state index contributed by atoms with van der Waals surface area (Å²) in [5.74, 6) is 1.09. The van der Waals surface area contributed by atoms with E-state index in [4.69, 9.17) is 0 Å². The summed E-state index contributed by atoms with van der Waals surface area (Å²) in [6.45, 7) is 2.05. The van der Waals surface area contributed by atoms with Gasteiger partial charge in [-0.2, -0.15) is 0 Å². The van der Waals surface area contributed by atoms with Gasteiger partial charge in [0.25, 0.3) is 0 Å². The van der Waals surface area contributed by atoms with Crippen LogP contribution in [-0.2, 0) is 6.42 Å². The van der Waals surface area contributed by atoms with Crippen LogP contribution in [0.15, 0.2) is 24.5 Å². The van der Waals surface area contributed by atoms with Crippen molar-refractivity contribution in [2.75, 3.05) is 0 Å². The molecule has 0 spiro atoms. The largest absolute Gasteiger partial charge is 0.349 e. The number of hydrogen-bond donors (Lipinski definition) is 1. The molecule has 0 aliphatic heterocycles. The van der Waals surface area contributed by atoms with Crippen molar-refractivity contribution in [3.63, 3.8) is 0 Å². The number of aromatic nitrogens is 2. The molecule has 0 saturated carbocycles. The minimum absolute atomic E-state index is 1.05. The number of nitrogens with one attached hydrogen (secondary N) is 1. The maximum atomic E-state index is 4.13. The molecule has 2 heteroatoms. The van der Waals surface area contributed by atoms with Crippen LogP contribution in [0.1, 0.15) is 25.6 Å². The van der Waals surface area contributed by atoms with Gasteiger partial charge in [-0.1, -0.05) is 12.2 Å². The van der Waals surface area contributed by atoms with Crippen LogP contribution in [-0.4, -0.2) is 9.97 Å². The van der Waals surface area contributed by atoms with Gasteiger partial charge in [0.05, 0.1) is 0 Å². The molecule has 0 unspecified atom stereocenters. The number of rotatable bonds is 4. The molecule has 0 amide bonds. The highest BCUT2D eigenvalue weighted by Gasteiger charge is 1.91. The Morgan fingerprint density at radius 1 is 1.64 bits per heavy atom. The molecule has 60 valence electrons. The summed E-state index contributed by atoms with van der Waals surface area (Å²) in [5, 5.41) is 0. The lowest BCUT2D eigenvalue weighted by atomic mass is 10.2. The third-order valence-corrected chi connectivity index (χ3v) is 1.57.